The van der Waals surface area contributed by atoms with Gasteiger partial charge in [0.05, 0.1) is 18.1 Å². The molecule has 0 radical (unpaired) electrons. The standard InChI is InChI=1S/C18H26O6/c1-4-5-6-7-8-9-23-18(22)13-10-14(19)16(20)15(11-13)24-17(21)12(2)3/h10-12,19-20H,4-9H2,1-3H3. The van der Waals surface area contributed by atoms with Gasteiger partial charge >= 0.3 is 11.9 Å². The molecule has 24 heavy (non-hydrogen) atoms. The summed E-state index contributed by atoms with van der Waals surface area (Å²) in [5, 5.41) is 19.5. The van der Waals surface area contributed by atoms with Crippen molar-refractivity contribution in [2.75, 3.05) is 6.61 Å². The molecule has 0 atom stereocenters. The molecule has 0 bridgehead atoms. The topological polar surface area (TPSA) is 93.1 Å². The first-order valence-electron chi connectivity index (χ1n) is 8.31. The quantitative estimate of drug-likeness (QED) is 0.308. The number of phenolic OH excluding ortho intramolecular Hbond substituents is 2. The zero-order valence-electron chi connectivity index (χ0n) is 14.5. The molecule has 134 valence electrons. The van der Waals surface area contributed by atoms with Crippen molar-refractivity contribution in [2.45, 2.75) is 52.9 Å². The Balaban J connectivity index is 2.68. The fraction of sp³-hybridized carbons (Fsp3) is 0.556. The molecule has 1 aromatic rings. The van der Waals surface area contributed by atoms with E-state index in [2.05, 4.69) is 6.92 Å². The van der Waals surface area contributed by atoms with E-state index in [0.29, 0.717) is 0 Å². The normalized spacial score (nSPS) is 10.7. The summed E-state index contributed by atoms with van der Waals surface area (Å²) in [6.45, 7) is 5.68. The smallest absolute Gasteiger partial charge is 0.338 e. The molecule has 0 aliphatic rings. The minimum absolute atomic E-state index is 0.0189. The van der Waals surface area contributed by atoms with Gasteiger partial charge in [-0.1, -0.05) is 46.5 Å². The highest BCUT2D eigenvalue weighted by Gasteiger charge is 2.19. The van der Waals surface area contributed by atoms with E-state index in [9.17, 15) is 19.8 Å². The second-order valence-electron chi connectivity index (χ2n) is 5.97. The van der Waals surface area contributed by atoms with Crippen LogP contribution in [-0.4, -0.2) is 28.8 Å². The molecule has 0 aliphatic heterocycles. The van der Waals surface area contributed by atoms with Crippen LogP contribution in [0.5, 0.6) is 17.2 Å². The highest BCUT2D eigenvalue weighted by Crippen LogP contribution is 2.37. The summed E-state index contributed by atoms with van der Waals surface area (Å²) in [5.74, 6) is -3.01. The third-order valence-corrected chi connectivity index (χ3v) is 3.45. The number of carbonyl (C=O) groups is 2. The van der Waals surface area contributed by atoms with Gasteiger partial charge in [-0.15, -0.1) is 0 Å². The maximum atomic E-state index is 12.0. The average Bonchev–Trinajstić information content (AvgIpc) is 2.54. The second kappa shape index (κ2) is 9.80. The van der Waals surface area contributed by atoms with Gasteiger partial charge in [-0.25, -0.2) is 4.79 Å². The third-order valence-electron chi connectivity index (χ3n) is 3.45. The van der Waals surface area contributed by atoms with Crippen LogP contribution in [0, 0.1) is 5.92 Å². The first kappa shape index (κ1) is 19.8. The van der Waals surface area contributed by atoms with Gasteiger partial charge in [0, 0.05) is 0 Å². The predicted octanol–water partition coefficient (Wildman–Crippen LogP) is 3.79. The van der Waals surface area contributed by atoms with Gasteiger partial charge in [0.25, 0.3) is 0 Å². The Hall–Kier alpha value is -2.24. The molecule has 0 unspecified atom stereocenters. The summed E-state index contributed by atoms with van der Waals surface area (Å²) in [7, 11) is 0. The number of hydrogen-bond donors (Lipinski definition) is 2. The van der Waals surface area contributed by atoms with Crippen molar-refractivity contribution >= 4 is 11.9 Å². The third kappa shape index (κ3) is 6.10. The Morgan fingerprint density at radius 3 is 2.38 bits per heavy atom. The molecule has 2 N–H and O–H groups in total. The lowest BCUT2D eigenvalue weighted by Crippen LogP contribution is -2.15. The fourth-order valence-corrected chi connectivity index (χ4v) is 1.97. The van der Waals surface area contributed by atoms with E-state index in [1.54, 1.807) is 13.8 Å². The van der Waals surface area contributed by atoms with Crippen LogP contribution in [0.3, 0.4) is 0 Å². The van der Waals surface area contributed by atoms with Gasteiger partial charge in [-0.2, -0.15) is 0 Å². The van der Waals surface area contributed by atoms with E-state index in [-0.39, 0.29) is 17.9 Å². The van der Waals surface area contributed by atoms with Crippen LogP contribution in [0.1, 0.15) is 63.2 Å². The number of phenols is 2. The summed E-state index contributed by atoms with van der Waals surface area (Å²) in [6.07, 6.45) is 5.16. The monoisotopic (exact) mass is 338 g/mol. The van der Waals surface area contributed by atoms with Crippen molar-refractivity contribution in [3.63, 3.8) is 0 Å². The molecule has 0 saturated heterocycles. The molecule has 0 fully saturated rings. The highest BCUT2D eigenvalue weighted by molar-refractivity contribution is 5.91. The van der Waals surface area contributed by atoms with Crippen LogP contribution in [0.2, 0.25) is 0 Å². The lowest BCUT2D eigenvalue weighted by atomic mass is 10.1. The van der Waals surface area contributed by atoms with Crippen molar-refractivity contribution in [3.05, 3.63) is 17.7 Å². The molecule has 1 rings (SSSR count). The summed E-state index contributed by atoms with van der Waals surface area (Å²) in [5.41, 5.74) is 0.0189. The van der Waals surface area contributed by atoms with Crippen LogP contribution < -0.4 is 4.74 Å². The molecule has 0 aromatic heterocycles. The number of rotatable bonds is 9. The van der Waals surface area contributed by atoms with Crippen molar-refractivity contribution in [2.24, 2.45) is 5.92 Å². The molecule has 0 amide bonds. The Morgan fingerprint density at radius 2 is 1.75 bits per heavy atom. The summed E-state index contributed by atoms with van der Waals surface area (Å²) < 4.78 is 10.1. The molecule has 6 heteroatoms. The molecule has 0 heterocycles. The van der Waals surface area contributed by atoms with Crippen molar-refractivity contribution < 1.29 is 29.3 Å². The highest BCUT2D eigenvalue weighted by atomic mass is 16.5. The zero-order valence-corrected chi connectivity index (χ0v) is 14.5. The summed E-state index contributed by atoms with van der Waals surface area (Å²) in [6, 6.07) is 2.27. The van der Waals surface area contributed by atoms with Gasteiger partial charge in [0.1, 0.15) is 0 Å². The summed E-state index contributed by atoms with van der Waals surface area (Å²) in [4.78, 5) is 23.6. The number of carbonyl (C=O) groups excluding carboxylic acids is 2. The van der Waals surface area contributed by atoms with E-state index in [4.69, 9.17) is 9.47 Å². The van der Waals surface area contributed by atoms with Crippen molar-refractivity contribution in [3.8, 4) is 17.2 Å². The van der Waals surface area contributed by atoms with Crippen molar-refractivity contribution in [1.82, 2.24) is 0 Å². The lowest BCUT2D eigenvalue weighted by Gasteiger charge is -2.11. The van der Waals surface area contributed by atoms with Crippen molar-refractivity contribution in [1.29, 1.82) is 0 Å². The van der Waals surface area contributed by atoms with Gasteiger partial charge < -0.3 is 19.7 Å². The van der Waals surface area contributed by atoms with Crippen LogP contribution in [0.4, 0.5) is 0 Å². The predicted molar refractivity (Wildman–Crippen MR) is 89.3 cm³/mol. The van der Waals surface area contributed by atoms with E-state index in [1.165, 1.54) is 6.07 Å². The van der Waals surface area contributed by atoms with Crippen LogP contribution in [-0.2, 0) is 9.53 Å². The molecule has 0 spiro atoms. The Morgan fingerprint density at radius 1 is 1.08 bits per heavy atom. The Labute approximate surface area is 142 Å². The minimum Gasteiger partial charge on any atom is -0.504 e. The number of aromatic hydroxyl groups is 2. The number of ether oxygens (including phenoxy) is 2. The van der Waals surface area contributed by atoms with E-state index >= 15 is 0 Å². The number of unbranched alkanes of at least 4 members (excludes halogenated alkanes) is 4. The zero-order chi connectivity index (χ0) is 18.1. The van der Waals surface area contributed by atoms with E-state index in [1.807, 2.05) is 0 Å². The maximum absolute atomic E-state index is 12.0. The molecule has 1 aromatic carbocycles. The Bertz CT molecular complexity index is 565. The molecule has 0 aliphatic carbocycles. The first-order chi connectivity index (χ1) is 11.4. The van der Waals surface area contributed by atoms with E-state index in [0.717, 1.165) is 38.2 Å². The molecule has 0 saturated carbocycles. The molecule has 6 nitrogen and oxygen atoms in total. The Kier molecular flexibility index (Phi) is 8.09. The first-order valence-corrected chi connectivity index (χ1v) is 8.31. The second-order valence-corrected chi connectivity index (χ2v) is 5.97. The number of hydrogen-bond acceptors (Lipinski definition) is 6. The summed E-state index contributed by atoms with van der Waals surface area (Å²) >= 11 is 0. The van der Waals surface area contributed by atoms with Gasteiger partial charge in [0.15, 0.2) is 11.5 Å². The van der Waals surface area contributed by atoms with Gasteiger partial charge in [-0.05, 0) is 18.6 Å². The maximum Gasteiger partial charge on any atom is 0.338 e. The van der Waals surface area contributed by atoms with Crippen LogP contribution >= 0.6 is 0 Å². The average molecular weight is 338 g/mol. The van der Waals surface area contributed by atoms with Crippen LogP contribution in [0.25, 0.3) is 0 Å². The number of benzene rings is 1. The minimum atomic E-state index is -0.636. The largest absolute Gasteiger partial charge is 0.504 e. The lowest BCUT2D eigenvalue weighted by molar-refractivity contribution is -0.137. The number of esters is 2. The molecular formula is C18H26O6. The fourth-order valence-electron chi connectivity index (χ4n) is 1.97. The van der Waals surface area contributed by atoms with Gasteiger partial charge in [0.2, 0.25) is 5.75 Å². The van der Waals surface area contributed by atoms with Gasteiger partial charge in [-0.3, -0.25) is 4.79 Å². The SMILES string of the molecule is CCCCCCCOC(=O)c1cc(O)c(O)c(OC(=O)C(C)C)c1. The van der Waals surface area contributed by atoms with E-state index < -0.39 is 29.4 Å². The van der Waals surface area contributed by atoms with Crippen LogP contribution in [0.15, 0.2) is 12.1 Å². The molecular weight excluding hydrogens is 312 g/mol.